The Balaban J connectivity index is 3.34. The van der Waals surface area contributed by atoms with Crippen LogP contribution in [0.15, 0.2) is 0 Å². The lowest BCUT2D eigenvalue weighted by Gasteiger charge is -2.12. The number of hydrogen-bond donors (Lipinski definition) is 2. The molecule has 4 heteroatoms. The molecule has 0 rings (SSSR count). The second-order valence-electron chi connectivity index (χ2n) is 3.28. The third-order valence-corrected chi connectivity index (χ3v) is 1.87. The Bertz CT molecular complexity index is 151. The summed E-state index contributed by atoms with van der Waals surface area (Å²) in [5.41, 5.74) is 0. The lowest BCUT2D eigenvalue weighted by atomic mass is 10.3. The van der Waals surface area contributed by atoms with Crippen molar-refractivity contribution in [2.75, 3.05) is 26.7 Å². The Labute approximate surface area is 86.4 Å². The molecule has 14 heavy (non-hydrogen) atoms. The zero-order valence-electron chi connectivity index (χ0n) is 9.43. The van der Waals surface area contributed by atoms with Gasteiger partial charge in [0, 0.05) is 19.6 Å². The molecule has 0 heterocycles. The minimum absolute atomic E-state index is 0.104. The Morgan fingerprint density at radius 1 is 1.50 bits per heavy atom. The van der Waals surface area contributed by atoms with Gasteiger partial charge < -0.3 is 15.4 Å². The largest absolute Gasteiger partial charge is 0.377 e. The van der Waals surface area contributed by atoms with Crippen molar-refractivity contribution in [1.82, 2.24) is 10.6 Å². The lowest BCUT2D eigenvalue weighted by molar-refractivity contribution is -0.121. The molecule has 0 aromatic carbocycles. The monoisotopic (exact) mass is 202 g/mol. The van der Waals surface area contributed by atoms with Crippen LogP contribution in [0.1, 0.15) is 26.7 Å². The number of ether oxygens (including phenoxy) is 1. The van der Waals surface area contributed by atoms with Gasteiger partial charge in [0.2, 0.25) is 5.91 Å². The van der Waals surface area contributed by atoms with Crippen LogP contribution in [0.5, 0.6) is 0 Å². The Morgan fingerprint density at radius 3 is 2.79 bits per heavy atom. The molecule has 0 fully saturated rings. The molecule has 0 saturated carbocycles. The molecule has 4 nitrogen and oxygen atoms in total. The Morgan fingerprint density at radius 2 is 2.21 bits per heavy atom. The van der Waals surface area contributed by atoms with E-state index in [1.807, 2.05) is 20.9 Å². The molecule has 0 spiro atoms. The van der Waals surface area contributed by atoms with Crippen molar-refractivity contribution >= 4 is 5.91 Å². The summed E-state index contributed by atoms with van der Waals surface area (Å²) >= 11 is 0. The van der Waals surface area contributed by atoms with Crippen LogP contribution in [-0.4, -0.2) is 38.8 Å². The molecular formula is C10H22N2O2. The molecule has 84 valence electrons. The van der Waals surface area contributed by atoms with Crippen molar-refractivity contribution in [2.45, 2.75) is 32.8 Å². The van der Waals surface area contributed by atoms with Crippen LogP contribution in [0, 0.1) is 0 Å². The van der Waals surface area contributed by atoms with Crippen molar-refractivity contribution < 1.29 is 9.53 Å². The van der Waals surface area contributed by atoms with Gasteiger partial charge in [-0.3, -0.25) is 4.79 Å². The fraction of sp³-hybridized carbons (Fsp3) is 0.900. The van der Waals surface area contributed by atoms with E-state index in [1.54, 1.807) is 0 Å². The lowest BCUT2D eigenvalue weighted by Crippen LogP contribution is -2.32. The zero-order valence-corrected chi connectivity index (χ0v) is 9.43. The first-order valence-corrected chi connectivity index (χ1v) is 5.23. The SMILES string of the molecule is CCOC(C)CNC(=O)CCCNC. The number of amides is 1. The number of nitrogens with one attached hydrogen (secondary N) is 2. The average Bonchev–Trinajstić information content (AvgIpc) is 2.16. The van der Waals surface area contributed by atoms with Crippen LogP contribution in [0.3, 0.4) is 0 Å². The summed E-state index contributed by atoms with van der Waals surface area (Å²) in [7, 11) is 1.88. The van der Waals surface area contributed by atoms with E-state index in [0.717, 1.165) is 13.0 Å². The second kappa shape index (κ2) is 8.97. The van der Waals surface area contributed by atoms with Crippen molar-refractivity contribution in [2.24, 2.45) is 0 Å². The molecule has 0 aromatic heterocycles. The van der Waals surface area contributed by atoms with E-state index in [0.29, 0.717) is 19.6 Å². The second-order valence-corrected chi connectivity index (χ2v) is 3.28. The predicted octanol–water partition coefficient (Wildman–Crippen LogP) is 0.527. The molecule has 0 aliphatic heterocycles. The number of rotatable bonds is 8. The van der Waals surface area contributed by atoms with Crippen LogP contribution in [-0.2, 0) is 9.53 Å². The van der Waals surface area contributed by atoms with Gasteiger partial charge in [0.05, 0.1) is 6.10 Å². The van der Waals surface area contributed by atoms with E-state index in [4.69, 9.17) is 4.74 Å². The van der Waals surface area contributed by atoms with E-state index in [-0.39, 0.29) is 12.0 Å². The van der Waals surface area contributed by atoms with Crippen LogP contribution >= 0.6 is 0 Å². The molecule has 2 N–H and O–H groups in total. The smallest absolute Gasteiger partial charge is 0.220 e. The summed E-state index contributed by atoms with van der Waals surface area (Å²) in [4.78, 5) is 11.2. The first kappa shape index (κ1) is 13.4. The van der Waals surface area contributed by atoms with Gasteiger partial charge in [0.25, 0.3) is 0 Å². The fourth-order valence-corrected chi connectivity index (χ4v) is 1.12. The standard InChI is InChI=1S/C10H22N2O2/c1-4-14-9(2)8-12-10(13)6-5-7-11-3/h9,11H,4-8H2,1-3H3,(H,12,13). The average molecular weight is 202 g/mol. The van der Waals surface area contributed by atoms with E-state index >= 15 is 0 Å². The number of carbonyl (C=O) groups excluding carboxylic acids is 1. The highest BCUT2D eigenvalue weighted by atomic mass is 16.5. The van der Waals surface area contributed by atoms with Gasteiger partial charge in [-0.1, -0.05) is 0 Å². The molecule has 1 atom stereocenters. The van der Waals surface area contributed by atoms with Crippen LogP contribution in [0.4, 0.5) is 0 Å². The highest BCUT2D eigenvalue weighted by Gasteiger charge is 2.04. The van der Waals surface area contributed by atoms with Gasteiger partial charge in [-0.05, 0) is 33.9 Å². The van der Waals surface area contributed by atoms with Crippen molar-refractivity contribution in [3.05, 3.63) is 0 Å². The first-order valence-electron chi connectivity index (χ1n) is 5.23. The van der Waals surface area contributed by atoms with Gasteiger partial charge in [0.15, 0.2) is 0 Å². The van der Waals surface area contributed by atoms with Crippen molar-refractivity contribution in [3.8, 4) is 0 Å². The molecule has 1 unspecified atom stereocenters. The summed E-state index contributed by atoms with van der Waals surface area (Å²) in [5, 5.41) is 5.84. The molecule has 0 radical (unpaired) electrons. The predicted molar refractivity (Wildman–Crippen MR) is 57.3 cm³/mol. The third-order valence-electron chi connectivity index (χ3n) is 1.87. The molecule has 1 amide bonds. The van der Waals surface area contributed by atoms with Gasteiger partial charge in [-0.15, -0.1) is 0 Å². The van der Waals surface area contributed by atoms with Gasteiger partial charge in [0.1, 0.15) is 0 Å². The fourth-order valence-electron chi connectivity index (χ4n) is 1.12. The third kappa shape index (κ3) is 8.01. The maximum Gasteiger partial charge on any atom is 0.220 e. The zero-order chi connectivity index (χ0) is 10.8. The molecule has 0 aliphatic carbocycles. The van der Waals surface area contributed by atoms with E-state index in [9.17, 15) is 4.79 Å². The summed E-state index contributed by atoms with van der Waals surface area (Å²) in [6, 6.07) is 0. The molecule has 0 aliphatic rings. The maximum absolute atomic E-state index is 11.2. The normalized spacial score (nSPS) is 12.5. The maximum atomic E-state index is 11.2. The summed E-state index contributed by atoms with van der Waals surface area (Å²) in [6.45, 7) is 6.08. The van der Waals surface area contributed by atoms with Crippen LogP contribution < -0.4 is 10.6 Å². The minimum atomic E-state index is 0.104. The molecule has 0 aromatic rings. The van der Waals surface area contributed by atoms with Crippen molar-refractivity contribution in [1.29, 1.82) is 0 Å². The quantitative estimate of drug-likeness (QED) is 0.564. The summed E-state index contributed by atoms with van der Waals surface area (Å²) < 4.78 is 5.29. The first-order chi connectivity index (χ1) is 6.70. The Hall–Kier alpha value is -0.610. The van der Waals surface area contributed by atoms with Gasteiger partial charge in [-0.25, -0.2) is 0 Å². The topological polar surface area (TPSA) is 50.4 Å². The van der Waals surface area contributed by atoms with E-state index in [2.05, 4.69) is 10.6 Å². The van der Waals surface area contributed by atoms with Crippen LogP contribution in [0.25, 0.3) is 0 Å². The highest BCUT2D eigenvalue weighted by Crippen LogP contribution is 1.90. The molecule has 0 saturated heterocycles. The number of hydrogen-bond acceptors (Lipinski definition) is 3. The number of carbonyl (C=O) groups is 1. The molecule has 0 bridgehead atoms. The van der Waals surface area contributed by atoms with Crippen molar-refractivity contribution in [3.63, 3.8) is 0 Å². The van der Waals surface area contributed by atoms with Crippen LogP contribution in [0.2, 0.25) is 0 Å². The summed E-state index contributed by atoms with van der Waals surface area (Å²) in [5.74, 6) is 0.104. The molecular weight excluding hydrogens is 180 g/mol. The van der Waals surface area contributed by atoms with Gasteiger partial charge >= 0.3 is 0 Å². The van der Waals surface area contributed by atoms with E-state index < -0.39 is 0 Å². The Kier molecular flexibility index (Phi) is 8.57. The summed E-state index contributed by atoms with van der Waals surface area (Å²) in [6.07, 6.45) is 1.57. The van der Waals surface area contributed by atoms with Gasteiger partial charge in [-0.2, -0.15) is 0 Å². The van der Waals surface area contributed by atoms with E-state index in [1.165, 1.54) is 0 Å². The minimum Gasteiger partial charge on any atom is -0.377 e. The highest BCUT2D eigenvalue weighted by molar-refractivity contribution is 5.75.